The van der Waals surface area contributed by atoms with Gasteiger partial charge in [-0.1, -0.05) is 20.8 Å². The number of hydrogen-bond donors (Lipinski definition) is 4. The standard InChI is InChI=1S/C12H27NO2.C2H2O4/c1-11(2,3)9-15-8-10(14)7-13-12(4,5)6;3-1(4)2(5)6/h10,13-14H,7-9H2,1-6H3;(H,3,4)(H,5,6). The minimum absolute atomic E-state index is 0.0466. The topological polar surface area (TPSA) is 116 Å². The molecule has 0 aromatic heterocycles. The fraction of sp³-hybridized carbons (Fsp3) is 0.857. The van der Waals surface area contributed by atoms with Gasteiger partial charge in [0.1, 0.15) is 0 Å². The molecule has 4 N–H and O–H groups in total. The first kappa shape index (κ1) is 22.1. The van der Waals surface area contributed by atoms with E-state index in [1.165, 1.54) is 0 Å². The molecule has 7 heteroatoms. The number of hydrogen-bond acceptors (Lipinski definition) is 5. The van der Waals surface area contributed by atoms with Gasteiger partial charge in [-0.2, -0.15) is 0 Å². The Bertz CT molecular complexity index is 304. The number of ether oxygens (including phenoxy) is 1. The van der Waals surface area contributed by atoms with Crippen LogP contribution < -0.4 is 5.32 Å². The molecule has 0 saturated carbocycles. The summed E-state index contributed by atoms with van der Waals surface area (Å²) in [5, 5.41) is 27.6. The largest absolute Gasteiger partial charge is 0.473 e. The second-order valence-electron chi connectivity index (χ2n) is 6.97. The van der Waals surface area contributed by atoms with Crippen molar-refractivity contribution in [1.29, 1.82) is 0 Å². The van der Waals surface area contributed by atoms with E-state index in [2.05, 4.69) is 46.9 Å². The fourth-order valence-corrected chi connectivity index (χ4v) is 0.984. The molecular weight excluding hydrogens is 278 g/mol. The SMILES string of the molecule is CC(C)(C)COCC(O)CNC(C)(C)C.O=C(O)C(=O)O. The van der Waals surface area contributed by atoms with Gasteiger partial charge in [0.15, 0.2) is 0 Å². The van der Waals surface area contributed by atoms with Crippen LogP contribution in [0.15, 0.2) is 0 Å². The van der Waals surface area contributed by atoms with Gasteiger partial charge < -0.3 is 25.4 Å². The molecule has 7 nitrogen and oxygen atoms in total. The van der Waals surface area contributed by atoms with Gasteiger partial charge in [0.25, 0.3) is 0 Å². The molecule has 0 rings (SSSR count). The van der Waals surface area contributed by atoms with Crippen molar-refractivity contribution >= 4 is 11.9 Å². The molecule has 0 aliphatic carbocycles. The summed E-state index contributed by atoms with van der Waals surface area (Å²) in [5.74, 6) is -3.65. The predicted molar refractivity (Wildman–Crippen MR) is 79.3 cm³/mol. The van der Waals surface area contributed by atoms with E-state index in [0.29, 0.717) is 19.8 Å². The molecule has 0 aliphatic heterocycles. The number of β-amino-alcohol motifs (C(OH)–C–C–N with tert-alkyl or cyclic N) is 1. The normalized spacial score (nSPS) is 13.1. The number of carboxylic acid groups (broad SMARTS) is 2. The van der Waals surface area contributed by atoms with Crippen molar-refractivity contribution in [3.05, 3.63) is 0 Å². The Morgan fingerprint density at radius 2 is 1.48 bits per heavy atom. The minimum atomic E-state index is -1.82. The lowest BCUT2D eigenvalue weighted by molar-refractivity contribution is -0.159. The van der Waals surface area contributed by atoms with Gasteiger partial charge in [0.05, 0.1) is 19.3 Å². The van der Waals surface area contributed by atoms with Crippen LogP contribution in [-0.2, 0) is 14.3 Å². The lowest BCUT2D eigenvalue weighted by Crippen LogP contribution is -2.42. The van der Waals surface area contributed by atoms with Crippen LogP contribution in [0, 0.1) is 5.41 Å². The van der Waals surface area contributed by atoms with Gasteiger partial charge in [-0.15, -0.1) is 0 Å². The molecule has 0 saturated heterocycles. The van der Waals surface area contributed by atoms with Crippen molar-refractivity contribution < 1.29 is 29.6 Å². The Hall–Kier alpha value is -1.18. The molecular formula is C14H29NO6. The molecule has 0 bridgehead atoms. The van der Waals surface area contributed by atoms with Crippen LogP contribution in [0.3, 0.4) is 0 Å². The van der Waals surface area contributed by atoms with E-state index in [-0.39, 0.29) is 11.0 Å². The van der Waals surface area contributed by atoms with Crippen LogP contribution in [0.4, 0.5) is 0 Å². The summed E-state index contributed by atoms with van der Waals surface area (Å²) in [4.78, 5) is 18.2. The molecule has 0 heterocycles. The maximum atomic E-state index is 9.62. The van der Waals surface area contributed by atoms with E-state index in [1.54, 1.807) is 0 Å². The molecule has 1 unspecified atom stereocenters. The maximum absolute atomic E-state index is 9.62. The van der Waals surface area contributed by atoms with Crippen molar-refractivity contribution in [2.75, 3.05) is 19.8 Å². The molecule has 0 fully saturated rings. The van der Waals surface area contributed by atoms with Gasteiger partial charge >= 0.3 is 11.9 Å². The predicted octanol–water partition coefficient (Wildman–Crippen LogP) is 0.954. The third-order valence-electron chi connectivity index (χ3n) is 1.90. The summed E-state index contributed by atoms with van der Waals surface area (Å²) in [5.41, 5.74) is 0.210. The highest BCUT2D eigenvalue weighted by Gasteiger charge is 2.14. The molecule has 1 atom stereocenters. The van der Waals surface area contributed by atoms with Gasteiger partial charge in [-0.25, -0.2) is 9.59 Å². The quantitative estimate of drug-likeness (QED) is 0.559. The third kappa shape index (κ3) is 21.3. The summed E-state index contributed by atoms with van der Waals surface area (Å²) in [7, 11) is 0. The van der Waals surface area contributed by atoms with Crippen LogP contribution in [0.2, 0.25) is 0 Å². The van der Waals surface area contributed by atoms with Crippen LogP contribution in [0.5, 0.6) is 0 Å². The van der Waals surface area contributed by atoms with Crippen LogP contribution in [0.25, 0.3) is 0 Å². The van der Waals surface area contributed by atoms with Crippen LogP contribution >= 0.6 is 0 Å². The average Bonchev–Trinajstić information content (AvgIpc) is 2.24. The second-order valence-corrected chi connectivity index (χ2v) is 6.97. The highest BCUT2D eigenvalue weighted by molar-refractivity contribution is 6.27. The van der Waals surface area contributed by atoms with E-state index in [4.69, 9.17) is 24.5 Å². The number of aliphatic hydroxyl groups excluding tert-OH is 1. The zero-order valence-electron chi connectivity index (χ0n) is 13.8. The monoisotopic (exact) mass is 307 g/mol. The first-order valence-electron chi connectivity index (χ1n) is 6.71. The van der Waals surface area contributed by atoms with Crippen molar-refractivity contribution in [2.45, 2.75) is 53.2 Å². The number of nitrogens with one attached hydrogen (secondary N) is 1. The van der Waals surface area contributed by atoms with E-state index in [1.807, 2.05) is 0 Å². The summed E-state index contributed by atoms with van der Waals surface area (Å²) < 4.78 is 5.44. The Labute approximate surface area is 126 Å². The zero-order chi connectivity index (χ0) is 17.3. The molecule has 0 amide bonds. The second kappa shape index (κ2) is 9.70. The van der Waals surface area contributed by atoms with Crippen molar-refractivity contribution in [3.8, 4) is 0 Å². The highest BCUT2D eigenvalue weighted by atomic mass is 16.5. The maximum Gasteiger partial charge on any atom is 0.414 e. The highest BCUT2D eigenvalue weighted by Crippen LogP contribution is 2.12. The van der Waals surface area contributed by atoms with Crippen molar-refractivity contribution in [2.24, 2.45) is 5.41 Å². The van der Waals surface area contributed by atoms with Gasteiger partial charge in [0.2, 0.25) is 0 Å². The lowest BCUT2D eigenvalue weighted by Gasteiger charge is -2.24. The molecule has 0 radical (unpaired) electrons. The summed E-state index contributed by atoms with van der Waals surface area (Å²) in [6.45, 7) is 14.3. The molecule has 0 aromatic carbocycles. The van der Waals surface area contributed by atoms with Gasteiger partial charge in [0, 0.05) is 12.1 Å². The Balaban J connectivity index is 0. The fourth-order valence-electron chi connectivity index (χ4n) is 0.984. The van der Waals surface area contributed by atoms with E-state index in [9.17, 15) is 5.11 Å². The number of aliphatic hydroxyl groups is 1. The summed E-state index contributed by atoms with van der Waals surface area (Å²) >= 11 is 0. The number of rotatable bonds is 5. The summed E-state index contributed by atoms with van der Waals surface area (Å²) in [6, 6.07) is 0. The van der Waals surface area contributed by atoms with Crippen LogP contribution in [-0.4, -0.2) is 58.7 Å². The third-order valence-corrected chi connectivity index (χ3v) is 1.90. The van der Waals surface area contributed by atoms with Crippen LogP contribution in [0.1, 0.15) is 41.5 Å². The number of aliphatic carboxylic acids is 2. The Morgan fingerprint density at radius 3 is 1.76 bits per heavy atom. The molecule has 0 spiro atoms. The van der Waals surface area contributed by atoms with Crippen molar-refractivity contribution in [1.82, 2.24) is 5.32 Å². The van der Waals surface area contributed by atoms with E-state index in [0.717, 1.165) is 0 Å². The Kier molecular flexibility index (Phi) is 10.2. The zero-order valence-corrected chi connectivity index (χ0v) is 13.8. The Morgan fingerprint density at radius 1 is 1.05 bits per heavy atom. The van der Waals surface area contributed by atoms with E-state index < -0.39 is 18.0 Å². The van der Waals surface area contributed by atoms with E-state index >= 15 is 0 Å². The molecule has 21 heavy (non-hydrogen) atoms. The van der Waals surface area contributed by atoms with Gasteiger partial charge in [-0.3, -0.25) is 0 Å². The average molecular weight is 307 g/mol. The molecule has 0 aliphatic rings. The first-order valence-corrected chi connectivity index (χ1v) is 6.71. The minimum Gasteiger partial charge on any atom is -0.473 e. The smallest absolute Gasteiger partial charge is 0.414 e. The number of carboxylic acids is 2. The first-order chi connectivity index (χ1) is 9.24. The van der Waals surface area contributed by atoms with Gasteiger partial charge in [-0.05, 0) is 26.2 Å². The summed E-state index contributed by atoms with van der Waals surface area (Å²) in [6.07, 6.45) is -0.424. The molecule has 0 aromatic rings. The lowest BCUT2D eigenvalue weighted by atomic mass is 9.99. The molecule has 126 valence electrons. The van der Waals surface area contributed by atoms with Crippen molar-refractivity contribution in [3.63, 3.8) is 0 Å². The number of carbonyl (C=O) groups is 2.